The molecule has 0 saturated heterocycles. The van der Waals surface area contributed by atoms with Crippen LogP contribution in [0.2, 0.25) is 0 Å². The van der Waals surface area contributed by atoms with Crippen LogP contribution in [0.3, 0.4) is 0 Å². The predicted octanol–water partition coefficient (Wildman–Crippen LogP) is 1.10. The van der Waals surface area contributed by atoms with Gasteiger partial charge in [-0.2, -0.15) is 0 Å². The summed E-state index contributed by atoms with van der Waals surface area (Å²) in [4.78, 5) is 2.21. The van der Waals surface area contributed by atoms with E-state index in [0.29, 0.717) is 12.6 Å². The van der Waals surface area contributed by atoms with Crippen molar-refractivity contribution in [3.05, 3.63) is 0 Å². The van der Waals surface area contributed by atoms with Gasteiger partial charge < -0.3 is 10.0 Å². The fourth-order valence-electron chi connectivity index (χ4n) is 0.810. The van der Waals surface area contributed by atoms with Crippen LogP contribution in [-0.2, 0) is 0 Å². The Hall–Kier alpha value is -0.0800. The Bertz CT molecular complexity index is 73.7. The first-order chi connectivity index (χ1) is 4.68. The summed E-state index contributed by atoms with van der Waals surface area (Å²) in [5, 5.41) is 8.50. The summed E-state index contributed by atoms with van der Waals surface area (Å²) < 4.78 is 0. The smallest absolute Gasteiger partial charge is 0.0431 e. The van der Waals surface area contributed by atoms with Crippen LogP contribution in [0.5, 0.6) is 0 Å². The number of nitrogens with zero attached hydrogens (tertiary/aromatic N) is 1. The molecule has 10 heavy (non-hydrogen) atoms. The molecule has 0 amide bonds. The van der Waals surface area contributed by atoms with Crippen molar-refractivity contribution >= 4 is 0 Å². The van der Waals surface area contributed by atoms with E-state index in [1.807, 2.05) is 0 Å². The molecule has 0 aromatic carbocycles. The van der Waals surface area contributed by atoms with Crippen molar-refractivity contribution in [2.45, 2.75) is 32.2 Å². The van der Waals surface area contributed by atoms with Crippen molar-refractivity contribution in [2.75, 3.05) is 20.7 Å². The fourth-order valence-corrected chi connectivity index (χ4v) is 0.810. The molecule has 0 aliphatic carbocycles. The molecule has 0 aliphatic heterocycles. The molecule has 0 saturated carbocycles. The second-order valence-electron chi connectivity index (χ2n) is 3.03. The van der Waals surface area contributed by atoms with E-state index in [9.17, 15) is 0 Å². The van der Waals surface area contributed by atoms with Gasteiger partial charge in [-0.1, -0.05) is 0 Å². The molecule has 0 fully saturated rings. The van der Waals surface area contributed by atoms with Crippen LogP contribution in [0, 0.1) is 0 Å². The van der Waals surface area contributed by atoms with E-state index in [1.165, 1.54) is 6.42 Å². The molecule has 1 unspecified atom stereocenters. The molecular weight excluding hydrogens is 126 g/mol. The van der Waals surface area contributed by atoms with Gasteiger partial charge in [-0.3, -0.25) is 0 Å². The maximum Gasteiger partial charge on any atom is 0.0431 e. The molecule has 0 radical (unpaired) electrons. The van der Waals surface area contributed by atoms with Gasteiger partial charge in [0.1, 0.15) is 0 Å². The molecule has 0 aromatic rings. The van der Waals surface area contributed by atoms with Crippen molar-refractivity contribution in [1.82, 2.24) is 4.90 Å². The molecule has 2 heteroatoms. The van der Waals surface area contributed by atoms with Gasteiger partial charge in [0.15, 0.2) is 0 Å². The largest absolute Gasteiger partial charge is 0.396 e. The van der Waals surface area contributed by atoms with Crippen LogP contribution < -0.4 is 0 Å². The predicted molar refractivity (Wildman–Crippen MR) is 44.1 cm³/mol. The Morgan fingerprint density at radius 1 is 1.30 bits per heavy atom. The average molecular weight is 145 g/mol. The Labute approximate surface area is 63.8 Å². The van der Waals surface area contributed by atoms with E-state index in [0.717, 1.165) is 12.8 Å². The lowest BCUT2D eigenvalue weighted by Crippen LogP contribution is -2.24. The summed E-state index contributed by atoms with van der Waals surface area (Å²) >= 11 is 0. The minimum atomic E-state index is 0.333. The lowest BCUT2D eigenvalue weighted by molar-refractivity contribution is 0.258. The highest BCUT2D eigenvalue weighted by molar-refractivity contribution is 4.58. The molecule has 62 valence electrons. The lowest BCUT2D eigenvalue weighted by Gasteiger charge is -2.18. The second kappa shape index (κ2) is 5.69. The van der Waals surface area contributed by atoms with E-state index in [-0.39, 0.29) is 0 Å². The zero-order valence-corrected chi connectivity index (χ0v) is 7.30. The topological polar surface area (TPSA) is 23.5 Å². The van der Waals surface area contributed by atoms with Crippen LogP contribution in [0.15, 0.2) is 0 Å². The minimum absolute atomic E-state index is 0.333. The van der Waals surface area contributed by atoms with Crippen LogP contribution in [0.4, 0.5) is 0 Å². The summed E-state index contributed by atoms with van der Waals surface area (Å²) in [6, 6.07) is 0.645. The van der Waals surface area contributed by atoms with Gasteiger partial charge in [-0.15, -0.1) is 0 Å². The highest BCUT2D eigenvalue weighted by Crippen LogP contribution is 2.03. The maximum atomic E-state index is 8.50. The van der Waals surface area contributed by atoms with Crippen molar-refractivity contribution < 1.29 is 5.11 Å². The van der Waals surface area contributed by atoms with Crippen LogP contribution in [0.1, 0.15) is 26.2 Å². The number of unbranched alkanes of at least 4 members (excludes halogenated alkanes) is 1. The average Bonchev–Trinajstić information content (AvgIpc) is 1.88. The van der Waals surface area contributed by atoms with E-state index >= 15 is 0 Å². The second-order valence-corrected chi connectivity index (χ2v) is 3.03. The standard InChI is InChI=1S/C8H19NO/c1-8(9(2)3)6-4-5-7-10/h8,10H,4-7H2,1-3H3. The number of rotatable bonds is 5. The monoisotopic (exact) mass is 145 g/mol. The quantitative estimate of drug-likeness (QED) is 0.586. The molecule has 0 aromatic heterocycles. The first kappa shape index (κ1) is 9.92. The molecule has 0 heterocycles. The minimum Gasteiger partial charge on any atom is -0.396 e. The van der Waals surface area contributed by atoms with Gasteiger partial charge >= 0.3 is 0 Å². The number of hydrogen-bond donors (Lipinski definition) is 1. The third-order valence-electron chi connectivity index (χ3n) is 1.91. The number of aliphatic hydroxyl groups is 1. The molecule has 1 N–H and O–H groups in total. The van der Waals surface area contributed by atoms with Crippen LogP contribution >= 0.6 is 0 Å². The summed E-state index contributed by atoms with van der Waals surface area (Å²) in [6.07, 6.45) is 3.27. The van der Waals surface area contributed by atoms with Gasteiger partial charge in [0.2, 0.25) is 0 Å². The van der Waals surface area contributed by atoms with Gasteiger partial charge in [-0.05, 0) is 40.3 Å². The third kappa shape index (κ3) is 4.77. The van der Waals surface area contributed by atoms with Crippen molar-refractivity contribution in [1.29, 1.82) is 0 Å². The summed E-state index contributed by atoms with van der Waals surface area (Å²) in [7, 11) is 4.17. The van der Waals surface area contributed by atoms with Gasteiger partial charge in [0, 0.05) is 12.6 Å². The Kier molecular flexibility index (Phi) is 5.64. The molecule has 0 spiro atoms. The van der Waals surface area contributed by atoms with E-state index in [1.54, 1.807) is 0 Å². The summed E-state index contributed by atoms with van der Waals surface area (Å²) in [5.74, 6) is 0. The van der Waals surface area contributed by atoms with E-state index in [2.05, 4.69) is 25.9 Å². The third-order valence-corrected chi connectivity index (χ3v) is 1.91. The Morgan fingerprint density at radius 2 is 1.90 bits per heavy atom. The van der Waals surface area contributed by atoms with Crippen molar-refractivity contribution in [3.8, 4) is 0 Å². The van der Waals surface area contributed by atoms with Gasteiger partial charge in [0.25, 0.3) is 0 Å². The Balaban J connectivity index is 3.13. The lowest BCUT2D eigenvalue weighted by atomic mass is 10.1. The molecule has 0 aliphatic rings. The molecule has 1 atom stereocenters. The van der Waals surface area contributed by atoms with Crippen LogP contribution in [-0.4, -0.2) is 36.8 Å². The maximum absolute atomic E-state index is 8.50. The highest BCUT2D eigenvalue weighted by Gasteiger charge is 2.02. The van der Waals surface area contributed by atoms with Gasteiger partial charge in [-0.25, -0.2) is 0 Å². The first-order valence-corrected chi connectivity index (χ1v) is 3.95. The van der Waals surface area contributed by atoms with Crippen molar-refractivity contribution in [2.24, 2.45) is 0 Å². The molecule has 0 rings (SSSR count). The zero-order chi connectivity index (χ0) is 7.98. The first-order valence-electron chi connectivity index (χ1n) is 3.95. The van der Waals surface area contributed by atoms with E-state index < -0.39 is 0 Å². The number of hydrogen-bond acceptors (Lipinski definition) is 2. The Morgan fingerprint density at radius 3 is 2.30 bits per heavy atom. The van der Waals surface area contributed by atoms with E-state index in [4.69, 9.17) is 5.11 Å². The summed E-state index contributed by atoms with van der Waals surface area (Å²) in [5.41, 5.74) is 0. The zero-order valence-electron chi connectivity index (χ0n) is 7.30. The normalized spacial score (nSPS) is 14.1. The van der Waals surface area contributed by atoms with Gasteiger partial charge in [0.05, 0.1) is 0 Å². The number of aliphatic hydroxyl groups excluding tert-OH is 1. The fraction of sp³-hybridized carbons (Fsp3) is 1.00. The SMILES string of the molecule is CC(CCCCO)N(C)C. The molecular formula is C8H19NO. The highest BCUT2D eigenvalue weighted by atomic mass is 16.2. The molecule has 2 nitrogen and oxygen atoms in total. The van der Waals surface area contributed by atoms with Crippen molar-refractivity contribution in [3.63, 3.8) is 0 Å². The van der Waals surface area contributed by atoms with Crippen LogP contribution in [0.25, 0.3) is 0 Å². The summed E-state index contributed by atoms with van der Waals surface area (Å²) in [6.45, 7) is 2.54. The molecule has 0 bridgehead atoms.